The zero-order valence-corrected chi connectivity index (χ0v) is 32.5. The standard InChI is InChI=1S/C57H35N3/c1-2-14-40(15-3-1)60-54-25-13-12-24-53(54)59-56(60)39-32-28-37(29-33-39)36-26-30-38(31-27-36)55-47-34-46-43-18-6-10-22-50(43)57(51(46)35-45(47)44-19-7-11-23-52(44)58-55)48-20-8-4-16-41(48)42-17-5-9-21-49(42)57/h1-35H. The van der Waals surface area contributed by atoms with Gasteiger partial charge in [0, 0.05) is 27.6 Å². The lowest BCUT2D eigenvalue weighted by atomic mass is 9.70. The van der Waals surface area contributed by atoms with Crippen LogP contribution < -0.4 is 0 Å². The number of rotatable bonds is 4. The van der Waals surface area contributed by atoms with Crippen molar-refractivity contribution < 1.29 is 0 Å². The highest BCUT2D eigenvalue weighted by atomic mass is 15.1. The molecular formula is C57H35N3. The monoisotopic (exact) mass is 761 g/mol. The Bertz CT molecular complexity index is 3480. The van der Waals surface area contributed by atoms with Crippen molar-refractivity contribution in [2.75, 3.05) is 0 Å². The van der Waals surface area contributed by atoms with Gasteiger partial charge in [-0.1, -0.05) is 170 Å². The van der Waals surface area contributed by atoms with Gasteiger partial charge in [0.05, 0.1) is 27.7 Å². The summed E-state index contributed by atoms with van der Waals surface area (Å²) >= 11 is 0. The lowest BCUT2D eigenvalue weighted by Gasteiger charge is -2.30. The van der Waals surface area contributed by atoms with Gasteiger partial charge in [0.15, 0.2) is 0 Å². The maximum Gasteiger partial charge on any atom is 0.145 e. The SMILES string of the molecule is c1ccc(-n2c(-c3ccc(-c4ccc(-c5nc6ccccc6c6cc7c(cc56)-c5ccccc5C75c6ccccc6-c6ccccc65)cc4)cc3)nc3ccccc32)cc1. The number of para-hydroxylation sites is 4. The van der Waals surface area contributed by atoms with Gasteiger partial charge in [-0.25, -0.2) is 9.97 Å². The zero-order valence-electron chi connectivity index (χ0n) is 32.5. The minimum absolute atomic E-state index is 0.400. The number of nitrogens with zero attached hydrogens (tertiary/aromatic N) is 3. The van der Waals surface area contributed by atoms with Crippen molar-refractivity contribution in [2.45, 2.75) is 5.41 Å². The number of benzene rings is 9. The van der Waals surface area contributed by atoms with Gasteiger partial charge in [0.25, 0.3) is 0 Å². The number of imidazole rings is 1. The van der Waals surface area contributed by atoms with Crippen LogP contribution in [-0.4, -0.2) is 14.5 Å². The first-order valence-electron chi connectivity index (χ1n) is 20.7. The van der Waals surface area contributed by atoms with Crippen LogP contribution in [0.2, 0.25) is 0 Å². The quantitative estimate of drug-likeness (QED) is 0.167. The summed E-state index contributed by atoms with van der Waals surface area (Å²) in [5.74, 6) is 0.930. The summed E-state index contributed by atoms with van der Waals surface area (Å²) in [6, 6.07) is 77.2. The smallest absolute Gasteiger partial charge is 0.145 e. The van der Waals surface area contributed by atoms with Crippen molar-refractivity contribution in [1.82, 2.24) is 14.5 Å². The molecule has 2 heterocycles. The van der Waals surface area contributed by atoms with Crippen LogP contribution in [0.1, 0.15) is 22.3 Å². The number of pyridine rings is 1. The van der Waals surface area contributed by atoms with Gasteiger partial charge in [0.2, 0.25) is 0 Å². The Kier molecular flexibility index (Phi) is 6.93. The van der Waals surface area contributed by atoms with Gasteiger partial charge in [-0.05, 0) is 103 Å². The van der Waals surface area contributed by atoms with E-state index < -0.39 is 5.41 Å². The van der Waals surface area contributed by atoms with Gasteiger partial charge >= 0.3 is 0 Å². The van der Waals surface area contributed by atoms with E-state index in [9.17, 15) is 0 Å². The molecule has 2 aliphatic rings. The van der Waals surface area contributed by atoms with Crippen LogP contribution in [0.25, 0.3) is 94.4 Å². The molecule has 2 aromatic heterocycles. The second-order valence-electron chi connectivity index (χ2n) is 16.1. The van der Waals surface area contributed by atoms with Gasteiger partial charge < -0.3 is 0 Å². The fourth-order valence-electron chi connectivity index (χ4n) is 10.4. The zero-order chi connectivity index (χ0) is 39.4. The minimum atomic E-state index is -0.400. The van der Waals surface area contributed by atoms with E-state index in [1.54, 1.807) is 0 Å². The third-order valence-corrected chi connectivity index (χ3v) is 13.0. The fourth-order valence-corrected chi connectivity index (χ4v) is 10.4. The second-order valence-corrected chi connectivity index (χ2v) is 16.1. The molecule has 3 nitrogen and oxygen atoms in total. The van der Waals surface area contributed by atoms with E-state index in [-0.39, 0.29) is 0 Å². The first-order valence-corrected chi connectivity index (χ1v) is 20.7. The maximum atomic E-state index is 5.41. The molecule has 0 unspecified atom stereocenters. The molecule has 0 saturated heterocycles. The average Bonchev–Trinajstić information content (AvgIpc) is 3.96. The molecule has 3 heteroatoms. The van der Waals surface area contributed by atoms with Crippen LogP contribution >= 0.6 is 0 Å². The van der Waals surface area contributed by atoms with E-state index in [4.69, 9.17) is 9.97 Å². The van der Waals surface area contributed by atoms with Crippen LogP contribution in [0.3, 0.4) is 0 Å². The van der Waals surface area contributed by atoms with E-state index in [1.807, 2.05) is 6.07 Å². The minimum Gasteiger partial charge on any atom is -0.292 e. The summed E-state index contributed by atoms with van der Waals surface area (Å²) in [6.07, 6.45) is 0. The summed E-state index contributed by atoms with van der Waals surface area (Å²) in [6.45, 7) is 0. The summed E-state index contributed by atoms with van der Waals surface area (Å²) < 4.78 is 2.25. The summed E-state index contributed by atoms with van der Waals surface area (Å²) in [5.41, 5.74) is 19.8. The van der Waals surface area contributed by atoms with Crippen LogP contribution in [0.4, 0.5) is 0 Å². The predicted molar refractivity (Wildman–Crippen MR) is 246 cm³/mol. The maximum absolute atomic E-state index is 5.41. The van der Waals surface area contributed by atoms with E-state index >= 15 is 0 Å². The number of fused-ring (bicyclic) bond motifs is 14. The molecule has 1 spiro atoms. The summed E-state index contributed by atoms with van der Waals surface area (Å²) in [5, 5.41) is 3.56. The molecule has 0 aliphatic heterocycles. The van der Waals surface area contributed by atoms with E-state index in [0.29, 0.717) is 0 Å². The lowest BCUT2D eigenvalue weighted by molar-refractivity contribution is 0.795. The van der Waals surface area contributed by atoms with Crippen molar-refractivity contribution in [1.29, 1.82) is 0 Å². The number of aromatic nitrogens is 3. The van der Waals surface area contributed by atoms with Gasteiger partial charge in [-0.3, -0.25) is 4.57 Å². The first-order chi connectivity index (χ1) is 29.8. The topological polar surface area (TPSA) is 30.7 Å². The highest BCUT2D eigenvalue weighted by Crippen LogP contribution is 2.63. The van der Waals surface area contributed by atoms with E-state index in [2.05, 4.69) is 211 Å². The molecule has 0 N–H and O–H groups in total. The van der Waals surface area contributed by atoms with Crippen LogP contribution in [0.5, 0.6) is 0 Å². The van der Waals surface area contributed by atoms with Crippen LogP contribution in [0, 0.1) is 0 Å². The molecule has 0 atom stereocenters. The molecule has 278 valence electrons. The van der Waals surface area contributed by atoms with Gasteiger partial charge in [-0.2, -0.15) is 0 Å². The van der Waals surface area contributed by atoms with E-state index in [1.165, 1.54) is 55.3 Å². The molecule has 2 aliphatic carbocycles. The van der Waals surface area contributed by atoms with Crippen molar-refractivity contribution >= 4 is 32.7 Å². The third kappa shape index (κ3) is 4.54. The Morgan fingerprint density at radius 3 is 1.52 bits per heavy atom. The molecule has 60 heavy (non-hydrogen) atoms. The van der Waals surface area contributed by atoms with Gasteiger partial charge in [-0.15, -0.1) is 0 Å². The Labute approximate surface area is 347 Å². The highest BCUT2D eigenvalue weighted by Gasteiger charge is 2.51. The fraction of sp³-hybridized carbons (Fsp3) is 0.0175. The lowest BCUT2D eigenvalue weighted by Crippen LogP contribution is -2.25. The summed E-state index contributed by atoms with van der Waals surface area (Å²) in [4.78, 5) is 10.5. The van der Waals surface area contributed by atoms with E-state index in [0.717, 1.165) is 61.4 Å². The van der Waals surface area contributed by atoms with Crippen molar-refractivity contribution in [3.05, 3.63) is 235 Å². The largest absolute Gasteiger partial charge is 0.292 e. The highest BCUT2D eigenvalue weighted by molar-refractivity contribution is 6.14. The van der Waals surface area contributed by atoms with Crippen LogP contribution in [0.15, 0.2) is 212 Å². The van der Waals surface area contributed by atoms with Crippen molar-refractivity contribution in [2.24, 2.45) is 0 Å². The molecular weight excluding hydrogens is 727 g/mol. The number of hydrogen-bond donors (Lipinski definition) is 0. The predicted octanol–water partition coefficient (Wildman–Crippen LogP) is 14.1. The average molecular weight is 762 g/mol. The molecule has 0 saturated carbocycles. The van der Waals surface area contributed by atoms with Gasteiger partial charge in [0.1, 0.15) is 5.82 Å². The molecule has 0 bridgehead atoms. The Morgan fingerprint density at radius 2 is 0.850 bits per heavy atom. The Balaban J connectivity index is 0.945. The molecule has 9 aromatic carbocycles. The molecule has 0 radical (unpaired) electrons. The Morgan fingerprint density at radius 1 is 0.333 bits per heavy atom. The van der Waals surface area contributed by atoms with Crippen molar-refractivity contribution in [3.8, 4) is 61.7 Å². The molecule has 11 aromatic rings. The third-order valence-electron chi connectivity index (χ3n) is 13.0. The van der Waals surface area contributed by atoms with Crippen molar-refractivity contribution in [3.63, 3.8) is 0 Å². The Hall–Kier alpha value is -7.88. The summed E-state index contributed by atoms with van der Waals surface area (Å²) in [7, 11) is 0. The second kappa shape index (κ2) is 12.6. The molecule has 0 amide bonds. The number of hydrogen-bond acceptors (Lipinski definition) is 2. The van der Waals surface area contributed by atoms with Crippen LogP contribution in [-0.2, 0) is 5.41 Å². The first kappa shape index (κ1) is 33.1. The normalized spacial score (nSPS) is 13.1. The molecule has 0 fully saturated rings. The molecule has 13 rings (SSSR count).